The van der Waals surface area contributed by atoms with E-state index in [-0.39, 0.29) is 12.0 Å². The van der Waals surface area contributed by atoms with Crippen molar-refractivity contribution in [2.75, 3.05) is 36.8 Å². The molecule has 2 heterocycles. The van der Waals surface area contributed by atoms with Gasteiger partial charge >= 0.3 is 6.09 Å². The molecule has 0 radical (unpaired) electrons. The van der Waals surface area contributed by atoms with Gasteiger partial charge in [-0.15, -0.1) is 0 Å². The topological polar surface area (TPSA) is 87.9 Å². The molecule has 2 aliphatic heterocycles. The van der Waals surface area contributed by atoms with E-state index in [1.807, 2.05) is 26.8 Å². The average molecular weight is 346 g/mol. The first kappa shape index (κ1) is 17.4. The smallest absolute Gasteiger partial charge is 0.410 e. The zero-order chi connectivity index (χ0) is 18.2. The van der Waals surface area contributed by atoms with Gasteiger partial charge in [0.2, 0.25) is 0 Å². The number of amides is 2. The van der Waals surface area contributed by atoms with Gasteiger partial charge in [0.05, 0.1) is 11.4 Å². The number of hydrogen-bond donors (Lipinski definition) is 2. The summed E-state index contributed by atoms with van der Waals surface area (Å²) in [7, 11) is 0. The van der Waals surface area contributed by atoms with Crippen molar-refractivity contribution in [2.24, 2.45) is 0 Å². The van der Waals surface area contributed by atoms with Gasteiger partial charge in [-0.05, 0) is 44.9 Å². The van der Waals surface area contributed by atoms with Crippen LogP contribution >= 0.6 is 0 Å². The second-order valence-corrected chi connectivity index (χ2v) is 7.56. The lowest BCUT2D eigenvalue weighted by molar-refractivity contribution is 0.0263. The first-order valence-corrected chi connectivity index (χ1v) is 8.68. The standard InChI is InChI=1S/C18H26N4O3/c1-18(2,3)25-17(24)22-6-4-5-21(7-8-22)15-9-12-11-20-16(23)13(12)10-14(15)19/h9-10H,4-8,11,19H2,1-3H3,(H,20,23). The average Bonchev–Trinajstić information content (AvgIpc) is 2.74. The molecule has 2 amide bonds. The molecule has 0 saturated carbocycles. The summed E-state index contributed by atoms with van der Waals surface area (Å²) in [5.41, 5.74) is 8.86. The number of anilines is 2. The van der Waals surface area contributed by atoms with Crippen LogP contribution in [-0.4, -0.2) is 48.7 Å². The number of carbonyl (C=O) groups is 2. The molecule has 136 valence electrons. The Kier molecular flexibility index (Phi) is 4.49. The molecule has 7 nitrogen and oxygen atoms in total. The third-order valence-corrected chi connectivity index (χ3v) is 4.42. The second-order valence-electron chi connectivity index (χ2n) is 7.56. The zero-order valence-electron chi connectivity index (χ0n) is 15.1. The minimum atomic E-state index is -0.493. The van der Waals surface area contributed by atoms with Crippen molar-refractivity contribution in [2.45, 2.75) is 39.3 Å². The number of nitrogen functional groups attached to an aromatic ring is 1. The van der Waals surface area contributed by atoms with Crippen LogP contribution in [0.15, 0.2) is 12.1 Å². The van der Waals surface area contributed by atoms with E-state index in [1.165, 1.54) is 0 Å². The fourth-order valence-corrected chi connectivity index (χ4v) is 3.22. The molecule has 1 saturated heterocycles. The summed E-state index contributed by atoms with van der Waals surface area (Å²) < 4.78 is 5.47. The number of rotatable bonds is 1. The van der Waals surface area contributed by atoms with Gasteiger partial charge in [-0.2, -0.15) is 0 Å². The molecule has 0 atom stereocenters. The monoisotopic (exact) mass is 346 g/mol. The van der Waals surface area contributed by atoms with Crippen molar-refractivity contribution in [1.29, 1.82) is 0 Å². The predicted molar refractivity (Wildman–Crippen MR) is 96.7 cm³/mol. The lowest BCUT2D eigenvalue weighted by Crippen LogP contribution is -2.39. The van der Waals surface area contributed by atoms with Crippen LogP contribution in [0.4, 0.5) is 16.2 Å². The van der Waals surface area contributed by atoms with E-state index in [0.717, 1.165) is 24.2 Å². The Morgan fingerprint density at radius 3 is 2.68 bits per heavy atom. The molecule has 0 unspecified atom stereocenters. The van der Waals surface area contributed by atoms with E-state index in [2.05, 4.69) is 10.2 Å². The molecule has 1 fully saturated rings. The largest absolute Gasteiger partial charge is 0.444 e. The van der Waals surface area contributed by atoms with Gasteiger partial charge in [-0.1, -0.05) is 0 Å². The van der Waals surface area contributed by atoms with Gasteiger partial charge in [0, 0.05) is 38.3 Å². The minimum Gasteiger partial charge on any atom is -0.444 e. The summed E-state index contributed by atoms with van der Waals surface area (Å²) in [6.07, 6.45) is 0.568. The van der Waals surface area contributed by atoms with Crippen LogP contribution in [-0.2, 0) is 11.3 Å². The van der Waals surface area contributed by atoms with Gasteiger partial charge < -0.3 is 25.6 Å². The van der Waals surface area contributed by atoms with Crippen LogP contribution < -0.4 is 16.0 Å². The van der Waals surface area contributed by atoms with E-state index in [1.54, 1.807) is 11.0 Å². The van der Waals surface area contributed by atoms with Crippen LogP contribution in [0.1, 0.15) is 43.1 Å². The van der Waals surface area contributed by atoms with E-state index in [9.17, 15) is 9.59 Å². The molecule has 1 aromatic rings. The van der Waals surface area contributed by atoms with Gasteiger partial charge in [0.25, 0.3) is 5.91 Å². The lowest BCUT2D eigenvalue weighted by Gasteiger charge is -2.27. The zero-order valence-corrected chi connectivity index (χ0v) is 15.1. The number of carbonyl (C=O) groups excluding carboxylic acids is 2. The maximum Gasteiger partial charge on any atom is 0.410 e. The Morgan fingerprint density at radius 1 is 1.20 bits per heavy atom. The van der Waals surface area contributed by atoms with Crippen LogP contribution in [0.5, 0.6) is 0 Å². The highest BCUT2D eigenvalue weighted by Crippen LogP contribution is 2.30. The van der Waals surface area contributed by atoms with Crippen LogP contribution in [0, 0.1) is 0 Å². The van der Waals surface area contributed by atoms with Gasteiger partial charge in [-0.3, -0.25) is 4.79 Å². The molecular formula is C18H26N4O3. The maximum absolute atomic E-state index is 12.3. The highest BCUT2D eigenvalue weighted by atomic mass is 16.6. The quantitative estimate of drug-likeness (QED) is 0.759. The Labute approximate surface area is 148 Å². The molecule has 2 aliphatic rings. The molecule has 0 aliphatic carbocycles. The predicted octanol–water partition coefficient (Wildman–Crippen LogP) is 1.96. The molecule has 1 aromatic carbocycles. The molecular weight excluding hydrogens is 320 g/mol. The highest BCUT2D eigenvalue weighted by molar-refractivity contribution is 6.00. The summed E-state index contributed by atoms with van der Waals surface area (Å²) in [5.74, 6) is -0.0692. The van der Waals surface area contributed by atoms with Crippen molar-refractivity contribution < 1.29 is 14.3 Å². The molecule has 0 aromatic heterocycles. The molecule has 25 heavy (non-hydrogen) atoms. The van der Waals surface area contributed by atoms with Crippen molar-refractivity contribution >= 4 is 23.4 Å². The summed E-state index contributed by atoms with van der Waals surface area (Å²) in [4.78, 5) is 28.0. The molecule has 0 bridgehead atoms. The second kappa shape index (κ2) is 6.46. The van der Waals surface area contributed by atoms with E-state index < -0.39 is 5.60 Å². The van der Waals surface area contributed by atoms with E-state index in [0.29, 0.717) is 37.4 Å². The molecule has 0 spiro atoms. The summed E-state index contributed by atoms with van der Waals surface area (Å²) in [6, 6.07) is 3.75. The normalized spacial score (nSPS) is 17.8. The van der Waals surface area contributed by atoms with Crippen LogP contribution in [0.3, 0.4) is 0 Å². The van der Waals surface area contributed by atoms with E-state index >= 15 is 0 Å². The Morgan fingerprint density at radius 2 is 1.96 bits per heavy atom. The molecule has 3 N–H and O–H groups in total. The third kappa shape index (κ3) is 3.81. The van der Waals surface area contributed by atoms with Crippen molar-refractivity contribution in [3.8, 4) is 0 Å². The van der Waals surface area contributed by atoms with Gasteiger partial charge in [0.1, 0.15) is 5.60 Å². The van der Waals surface area contributed by atoms with Crippen molar-refractivity contribution in [3.63, 3.8) is 0 Å². The van der Waals surface area contributed by atoms with Crippen molar-refractivity contribution in [3.05, 3.63) is 23.3 Å². The molecule has 3 rings (SSSR count). The number of ether oxygens (including phenoxy) is 1. The summed E-state index contributed by atoms with van der Waals surface area (Å²) in [5, 5.41) is 2.82. The number of nitrogens with one attached hydrogen (secondary N) is 1. The first-order chi connectivity index (χ1) is 11.7. The number of benzene rings is 1. The maximum atomic E-state index is 12.3. The number of nitrogens with zero attached hydrogens (tertiary/aromatic N) is 2. The molecule has 7 heteroatoms. The summed E-state index contributed by atoms with van der Waals surface area (Å²) >= 11 is 0. The highest BCUT2D eigenvalue weighted by Gasteiger charge is 2.26. The fraction of sp³-hybridized carbons (Fsp3) is 0.556. The lowest BCUT2D eigenvalue weighted by atomic mass is 10.1. The SMILES string of the molecule is CC(C)(C)OC(=O)N1CCCN(c2cc3c(cc2N)C(=O)NC3)CC1. The number of hydrogen-bond acceptors (Lipinski definition) is 5. The first-order valence-electron chi connectivity index (χ1n) is 8.68. The van der Waals surface area contributed by atoms with Gasteiger partial charge in [-0.25, -0.2) is 4.79 Å². The van der Waals surface area contributed by atoms with Crippen LogP contribution in [0.25, 0.3) is 0 Å². The van der Waals surface area contributed by atoms with Crippen LogP contribution in [0.2, 0.25) is 0 Å². The van der Waals surface area contributed by atoms with Gasteiger partial charge in [0.15, 0.2) is 0 Å². The third-order valence-electron chi connectivity index (χ3n) is 4.42. The Balaban J connectivity index is 1.72. The Hall–Kier alpha value is -2.44. The Bertz CT molecular complexity index is 696. The fourth-order valence-electron chi connectivity index (χ4n) is 3.22. The van der Waals surface area contributed by atoms with Crippen molar-refractivity contribution in [1.82, 2.24) is 10.2 Å². The summed E-state index contributed by atoms with van der Waals surface area (Å²) in [6.45, 7) is 8.90. The van der Waals surface area contributed by atoms with E-state index in [4.69, 9.17) is 10.5 Å². The number of nitrogens with two attached hydrogens (primary N) is 1. The minimum absolute atomic E-state index is 0.0692. The number of fused-ring (bicyclic) bond motifs is 1.